The lowest BCUT2D eigenvalue weighted by atomic mass is 9.43. The van der Waals surface area contributed by atoms with Gasteiger partial charge in [0.2, 0.25) is 0 Å². The van der Waals surface area contributed by atoms with E-state index in [4.69, 9.17) is 23.7 Å². The summed E-state index contributed by atoms with van der Waals surface area (Å²) in [4.78, 5) is 11.9. The van der Waals surface area contributed by atoms with Crippen molar-refractivity contribution < 1.29 is 69.3 Å². The van der Waals surface area contributed by atoms with Crippen molar-refractivity contribution >= 4 is 5.97 Å². The summed E-state index contributed by atoms with van der Waals surface area (Å²) in [5, 5.41) is 85.8. The lowest BCUT2D eigenvalue weighted by Gasteiger charge is -2.64. The molecule has 18 atom stereocenters. The summed E-state index contributed by atoms with van der Waals surface area (Å²) in [5.41, 5.74) is -0.641. The van der Waals surface area contributed by atoms with E-state index in [2.05, 4.69) is 6.92 Å². The summed E-state index contributed by atoms with van der Waals surface area (Å²) in [6.45, 7) is 3.47. The van der Waals surface area contributed by atoms with E-state index in [1.165, 1.54) is 0 Å². The second-order valence-corrected chi connectivity index (χ2v) is 16.2. The smallest absolute Gasteiger partial charge is 0.331 e. The fourth-order valence-electron chi connectivity index (χ4n) is 11.4. The van der Waals surface area contributed by atoms with Gasteiger partial charge in [-0.25, -0.2) is 4.79 Å². The maximum Gasteiger partial charge on any atom is 0.331 e. The summed E-state index contributed by atoms with van der Waals surface area (Å²) in [6, 6.07) is 0. The second kappa shape index (κ2) is 13.3. The minimum Gasteiger partial charge on any atom is -0.458 e. The number of carbonyl (C=O) groups is 1. The highest BCUT2D eigenvalue weighted by molar-refractivity contribution is 5.85. The van der Waals surface area contributed by atoms with E-state index in [0.717, 1.165) is 37.7 Å². The van der Waals surface area contributed by atoms with E-state index in [1.807, 2.05) is 0 Å². The Morgan fingerprint density at radius 2 is 1.57 bits per heavy atom. The van der Waals surface area contributed by atoms with Gasteiger partial charge in [0.15, 0.2) is 12.6 Å². The molecule has 8 N–H and O–H groups in total. The highest BCUT2D eigenvalue weighted by atomic mass is 16.7. The van der Waals surface area contributed by atoms with Gasteiger partial charge in [-0.2, -0.15) is 0 Å². The Kier molecular flexibility index (Phi) is 9.80. The molecule has 0 unspecified atom stereocenters. The van der Waals surface area contributed by atoms with E-state index in [9.17, 15) is 45.6 Å². The Morgan fingerprint density at radius 3 is 2.27 bits per heavy atom. The molecule has 7 aliphatic rings. The van der Waals surface area contributed by atoms with E-state index in [1.54, 1.807) is 13.0 Å². The zero-order chi connectivity index (χ0) is 35.0. The van der Waals surface area contributed by atoms with Crippen LogP contribution in [0.25, 0.3) is 0 Å². The van der Waals surface area contributed by atoms with Gasteiger partial charge in [-0.05, 0) is 99.4 Å². The number of cyclic esters (lactones) is 1. The van der Waals surface area contributed by atoms with Crippen molar-refractivity contribution in [2.24, 2.45) is 34.5 Å². The fourth-order valence-corrected chi connectivity index (χ4v) is 11.4. The molecule has 49 heavy (non-hydrogen) atoms. The van der Waals surface area contributed by atoms with Gasteiger partial charge in [0.05, 0.1) is 24.4 Å². The van der Waals surface area contributed by atoms with Crippen LogP contribution >= 0.6 is 0 Å². The van der Waals surface area contributed by atoms with Crippen molar-refractivity contribution in [3.05, 3.63) is 11.6 Å². The van der Waals surface area contributed by atoms with Gasteiger partial charge in [-0.1, -0.05) is 6.92 Å². The third-order valence-corrected chi connectivity index (χ3v) is 14.2. The number of aliphatic hydroxyl groups excluding tert-OH is 7. The predicted octanol–water partition coefficient (Wildman–Crippen LogP) is -0.747. The van der Waals surface area contributed by atoms with Crippen molar-refractivity contribution in [2.45, 2.75) is 145 Å². The quantitative estimate of drug-likeness (QED) is 0.121. The molecule has 14 heteroatoms. The molecule has 3 aliphatic heterocycles. The van der Waals surface area contributed by atoms with Crippen LogP contribution in [0.15, 0.2) is 11.6 Å². The molecular formula is C35H54O14. The molecule has 278 valence electrons. The Labute approximate surface area is 285 Å². The molecular weight excluding hydrogens is 644 g/mol. The summed E-state index contributed by atoms with van der Waals surface area (Å²) in [5.74, 6) is 0.104. The van der Waals surface area contributed by atoms with Gasteiger partial charge in [0, 0.05) is 18.1 Å². The molecule has 6 fully saturated rings. The molecule has 0 amide bonds. The predicted molar refractivity (Wildman–Crippen MR) is 167 cm³/mol. The van der Waals surface area contributed by atoms with Crippen molar-refractivity contribution in [3.63, 3.8) is 0 Å². The van der Waals surface area contributed by atoms with Crippen LogP contribution in [0.4, 0.5) is 0 Å². The minimum absolute atomic E-state index is 0.0184. The molecule has 4 saturated carbocycles. The normalized spacial score (nSPS) is 54.4. The summed E-state index contributed by atoms with van der Waals surface area (Å²) < 4.78 is 28.7. The number of esters is 1. The zero-order valence-corrected chi connectivity index (χ0v) is 28.3. The van der Waals surface area contributed by atoms with Crippen LogP contribution in [0.2, 0.25) is 0 Å². The standard InChI is InChI=1S/C35H54O14/c1-16-30(49-32-28(42)26(40)25(39)23(13-36)48-32)27(41)29(43)31(46-16)47-19-5-9-34(15-37)18(12-19)3-4-22-21(34)6-8-33(2)20(7-10-35(22,33)44)17-11-24(38)45-14-17/h11,16,18-23,25-32,36-37,39-44H,3-10,12-15H2,1-2H3/t16-,18-,19+,20-,21+,22-,23-,25-,26+,27-,28-,29+,30-,31+,32+,33-,34-,35+/m1/s1. The summed E-state index contributed by atoms with van der Waals surface area (Å²) in [7, 11) is 0. The minimum atomic E-state index is -1.67. The second-order valence-electron chi connectivity index (χ2n) is 16.2. The Balaban J connectivity index is 0.995. The van der Waals surface area contributed by atoms with Crippen molar-refractivity contribution in [3.8, 4) is 0 Å². The lowest BCUT2D eigenvalue weighted by molar-refractivity contribution is -0.360. The van der Waals surface area contributed by atoms with Crippen molar-refractivity contribution in [2.75, 3.05) is 19.8 Å². The topological polar surface area (TPSA) is 225 Å². The van der Waals surface area contributed by atoms with Gasteiger partial charge in [0.1, 0.15) is 49.3 Å². The molecule has 0 radical (unpaired) electrons. The van der Waals surface area contributed by atoms with Gasteiger partial charge in [-0.3, -0.25) is 0 Å². The first kappa shape index (κ1) is 36.1. The first-order valence-corrected chi connectivity index (χ1v) is 18.1. The third kappa shape index (κ3) is 5.64. The average Bonchev–Trinajstić information content (AvgIpc) is 3.64. The van der Waals surface area contributed by atoms with Gasteiger partial charge in [-0.15, -0.1) is 0 Å². The molecule has 14 nitrogen and oxygen atoms in total. The molecule has 7 rings (SSSR count). The monoisotopic (exact) mass is 698 g/mol. The van der Waals surface area contributed by atoms with Gasteiger partial charge in [0.25, 0.3) is 0 Å². The van der Waals surface area contributed by atoms with Crippen LogP contribution < -0.4 is 0 Å². The first-order valence-electron chi connectivity index (χ1n) is 18.1. The zero-order valence-electron chi connectivity index (χ0n) is 28.3. The highest BCUT2D eigenvalue weighted by Gasteiger charge is 2.68. The highest BCUT2D eigenvalue weighted by Crippen LogP contribution is 2.70. The van der Waals surface area contributed by atoms with Gasteiger partial charge >= 0.3 is 5.97 Å². The van der Waals surface area contributed by atoms with E-state index < -0.39 is 73.6 Å². The van der Waals surface area contributed by atoms with E-state index >= 15 is 0 Å². The number of carbonyl (C=O) groups excluding carboxylic acids is 1. The van der Waals surface area contributed by atoms with Crippen LogP contribution in [0, 0.1) is 34.5 Å². The molecule has 2 saturated heterocycles. The number of ether oxygens (including phenoxy) is 5. The fraction of sp³-hybridized carbons (Fsp3) is 0.914. The Bertz CT molecular complexity index is 1260. The molecule has 0 aromatic carbocycles. The van der Waals surface area contributed by atoms with Crippen LogP contribution in [-0.4, -0.2) is 140 Å². The number of rotatable bonds is 7. The number of hydrogen-bond donors (Lipinski definition) is 8. The molecule has 0 bridgehead atoms. The van der Waals surface area contributed by atoms with Crippen molar-refractivity contribution in [1.29, 1.82) is 0 Å². The molecule has 0 aromatic heterocycles. The summed E-state index contributed by atoms with van der Waals surface area (Å²) >= 11 is 0. The molecule has 0 aromatic rings. The van der Waals surface area contributed by atoms with Crippen LogP contribution in [0.3, 0.4) is 0 Å². The maximum absolute atomic E-state index is 12.5. The molecule has 3 heterocycles. The molecule has 0 spiro atoms. The van der Waals surface area contributed by atoms with E-state index in [0.29, 0.717) is 32.3 Å². The Morgan fingerprint density at radius 1 is 0.837 bits per heavy atom. The van der Waals surface area contributed by atoms with Crippen LogP contribution in [0.5, 0.6) is 0 Å². The lowest BCUT2D eigenvalue weighted by Crippen LogP contribution is -2.64. The molecule has 4 aliphatic carbocycles. The number of aliphatic hydroxyl groups is 8. The van der Waals surface area contributed by atoms with Crippen LogP contribution in [0.1, 0.15) is 71.6 Å². The summed E-state index contributed by atoms with van der Waals surface area (Å²) in [6.07, 6.45) is -5.76. The number of hydrogen-bond acceptors (Lipinski definition) is 14. The SMILES string of the molecule is C[C@H]1O[C@@H](O[C@H]2CC[C@@]3(CO)[C@H](CC[C@@H]4[C@@H]3CC[C@]3(C)[C@@H](C5=CC(=O)OC5)CC[C@]43O)C2)[C@@H](O)[C@@H](O)[C@@H]1O[C@@H]1O[C@H](CO)[C@@H](O)[C@H](O)[C@H]1O. The average molecular weight is 699 g/mol. The first-order chi connectivity index (χ1) is 23.3. The number of fused-ring (bicyclic) bond motifs is 5. The van der Waals surface area contributed by atoms with Crippen LogP contribution in [-0.2, 0) is 28.5 Å². The van der Waals surface area contributed by atoms with Crippen molar-refractivity contribution in [1.82, 2.24) is 0 Å². The van der Waals surface area contributed by atoms with Gasteiger partial charge < -0.3 is 64.5 Å². The maximum atomic E-state index is 12.5. The third-order valence-electron chi connectivity index (χ3n) is 14.2. The Hall–Kier alpha value is -1.27. The van der Waals surface area contributed by atoms with E-state index in [-0.39, 0.29) is 53.2 Å². The largest absolute Gasteiger partial charge is 0.458 e.